The fourth-order valence-corrected chi connectivity index (χ4v) is 0.708. The first-order chi connectivity index (χ1) is 4.57. The molecule has 0 rings (SSSR count). The average molecular weight is 145 g/mol. The summed E-state index contributed by atoms with van der Waals surface area (Å²) in [4.78, 5) is 1.96. The molecule has 1 nitrogen and oxygen atoms in total. The van der Waals surface area contributed by atoms with Crippen LogP contribution in [0.5, 0.6) is 0 Å². The fraction of sp³-hybridized carbons (Fsp3) is 0.750. The van der Waals surface area contributed by atoms with E-state index in [2.05, 4.69) is 0 Å². The van der Waals surface area contributed by atoms with Gasteiger partial charge in [-0.15, -0.1) is 0 Å². The van der Waals surface area contributed by atoms with Crippen LogP contribution in [0.2, 0.25) is 0 Å². The summed E-state index contributed by atoms with van der Waals surface area (Å²) >= 11 is 0. The number of halogens is 1. The second kappa shape index (κ2) is 4.45. The van der Waals surface area contributed by atoms with E-state index in [1.54, 1.807) is 0 Å². The average Bonchev–Trinajstić information content (AvgIpc) is 1.81. The second-order valence-electron chi connectivity index (χ2n) is 3.08. The number of likely N-dealkylation sites (N-methyl/N-ethyl adjacent to an activating group) is 1. The quantitative estimate of drug-likeness (QED) is 0.587. The van der Waals surface area contributed by atoms with E-state index in [1.807, 2.05) is 32.8 Å². The summed E-state index contributed by atoms with van der Waals surface area (Å²) in [5, 5.41) is 0. The highest BCUT2D eigenvalue weighted by Crippen LogP contribution is 2.09. The van der Waals surface area contributed by atoms with Crippen molar-refractivity contribution in [1.82, 2.24) is 4.90 Å². The molecule has 0 atom stereocenters. The Bertz CT molecular complexity index is 116. The molecule has 0 fully saturated rings. The first kappa shape index (κ1) is 9.63. The molecule has 2 heteroatoms. The van der Waals surface area contributed by atoms with Crippen molar-refractivity contribution in [3.05, 3.63) is 11.9 Å². The maximum atomic E-state index is 12.1. The van der Waals surface area contributed by atoms with Gasteiger partial charge in [-0.05, 0) is 25.6 Å². The molecule has 0 amide bonds. The van der Waals surface area contributed by atoms with E-state index in [1.165, 1.54) is 0 Å². The maximum absolute atomic E-state index is 12.1. The van der Waals surface area contributed by atoms with Gasteiger partial charge in [0.05, 0.1) is 6.33 Å². The van der Waals surface area contributed by atoms with E-state index in [-0.39, 0.29) is 0 Å². The summed E-state index contributed by atoms with van der Waals surface area (Å²) in [7, 11) is 3.87. The summed E-state index contributed by atoms with van der Waals surface area (Å²) in [5.74, 6) is 0.312. The van der Waals surface area contributed by atoms with Crippen molar-refractivity contribution < 1.29 is 4.39 Å². The van der Waals surface area contributed by atoms with E-state index in [0.29, 0.717) is 18.8 Å². The number of hydrogen-bond acceptors (Lipinski definition) is 1. The van der Waals surface area contributed by atoms with E-state index in [4.69, 9.17) is 0 Å². The lowest BCUT2D eigenvalue weighted by Crippen LogP contribution is -2.17. The van der Waals surface area contributed by atoms with Gasteiger partial charge in [0.1, 0.15) is 0 Å². The van der Waals surface area contributed by atoms with Gasteiger partial charge >= 0.3 is 0 Å². The van der Waals surface area contributed by atoms with Crippen LogP contribution in [0.4, 0.5) is 4.39 Å². The van der Waals surface area contributed by atoms with Crippen LogP contribution in [0.3, 0.4) is 0 Å². The highest BCUT2D eigenvalue weighted by Gasteiger charge is 2.03. The van der Waals surface area contributed by atoms with Crippen molar-refractivity contribution in [1.29, 1.82) is 0 Å². The lowest BCUT2D eigenvalue weighted by molar-refractivity contribution is 0.422. The second-order valence-corrected chi connectivity index (χ2v) is 3.08. The number of rotatable bonds is 3. The summed E-state index contributed by atoms with van der Waals surface area (Å²) in [6.07, 6.45) is 0.713. The van der Waals surface area contributed by atoms with Crippen molar-refractivity contribution in [3.63, 3.8) is 0 Å². The zero-order valence-electron chi connectivity index (χ0n) is 7.19. The minimum absolute atomic E-state index is 0.312. The molecule has 0 aliphatic rings. The zero-order valence-corrected chi connectivity index (χ0v) is 7.19. The Labute approximate surface area is 62.5 Å². The molecule has 10 heavy (non-hydrogen) atoms. The first-order valence-corrected chi connectivity index (χ1v) is 3.51. The van der Waals surface area contributed by atoms with Gasteiger partial charge in [-0.25, -0.2) is 4.39 Å². The van der Waals surface area contributed by atoms with Gasteiger partial charge in [-0.1, -0.05) is 13.8 Å². The summed E-state index contributed by atoms with van der Waals surface area (Å²) in [5.41, 5.74) is 0.852. The van der Waals surface area contributed by atoms with Crippen LogP contribution >= 0.6 is 0 Å². The molecular weight excluding hydrogens is 129 g/mol. The Morgan fingerprint density at radius 1 is 1.50 bits per heavy atom. The molecule has 0 aliphatic heterocycles. The topological polar surface area (TPSA) is 3.24 Å². The van der Waals surface area contributed by atoms with Gasteiger partial charge < -0.3 is 4.90 Å². The van der Waals surface area contributed by atoms with Crippen molar-refractivity contribution in [3.8, 4) is 0 Å². The monoisotopic (exact) mass is 145 g/mol. The molecule has 0 bridgehead atoms. The van der Waals surface area contributed by atoms with Crippen LogP contribution < -0.4 is 0 Å². The predicted octanol–water partition coefficient (Wildman–Crippen LogP) is 2.06. The Kier molecular flexibility index (Phi) is 4.28. The predicted molar refractivity (Wildman–Crippen MR) is 42.6 cm³/mol. The van der Waals surface area contributed by atoms with Gasteiger partial charge in [-0.2, -0.15) is 0 Å². The Hall–Kier alpha value is -0.370. The van der Waals surface area contributed by atoms with E-state index in [0.717, 1.165) is 5.57 Å². The molecule has 0 spiro atoms. The Morgan fingerprint density at radius 3 is 2.10 bits per heavy atom. The van der Waals surface area contributed by atoms with E-state index >= 15 is 0 Å². The molecule has 0 aliphatic carbocycles. The van der Waals surface area contributed by atoms with Gasteiger partial charge in [0.2, 0.25) is 0 Å². The largest absolute Gasteiger partial charge is 0.305 e. The third kappa shape index (κ3) is 3.62. The normalized spacial score (nSPS) is 13.3. The molecule has 0 unspecified atom stereocenters. The fourth-order valence-electron chi connectivity index (χ4n) is 0.708. The van der Waals surface area contributed by atoms with E-state index in [9.17, 15) is 4.39 Å². The first-order valence-electron chi connectivity index (χ1n) is 3.51. The third-order valence-corrected chi connectivity index (χ3v) is 1.38. The van der Waals surface area contributed by atoms with Crippen LogP contribution in [0, 0.1) is 5.92 Å². The molecule has 0 saturated carbocycles. The molecule has 0 aromatic carbocycles. The van der Waals surface area contributed by atoms with Crippen molar-refractivity contribution in [2.45, 2.75) is 13.8 Å². The van der Waals surface area contributed by atoms with Crippen LogP contribution in [0.15, 0.2) is 11.9 Å². The molecule has 0 aromatic rings. The summed E-state index contributed by atoms with van der Waals surface area (Å²) in [6, 6.07) is 0. The minimum Gasteiger partial charge on any atom is -0.305 e. The van der Waals surface area contributed by atoms with Gasteiger partial charge in [-0.3, -0.25) is 0 Å². The summed E-state index contributed by atoms with van der Waals surface area (Å²) in [6.45, 7) is 4.71. The van der Waals surface area contributed by atoms with Crippen molar-refractivity contribution in [2.24, 2.45) is 5.92 Å². The standard InChI is InChI=1S/C8H16FN/c1-7(2)8(5-9)6-10(3)4/h5,7H,6H2,1-4H3/b8-5+. The van der Waals surface area contributed by atoms with Crippen molar-refractivity contribution >= 4 is 0 Å². The van der Waals surface area contributed by atoms with Gasteiger partial charge in [0, 0.05) is 6.54 Å². The molecule has 0 aromatic heterocycles. The highest BCUT2D eigenvalue weighted by atomic mass is 19.1. The smallest absolute Gasteiger partial charge is 0.0874 e. The number of nitrogens with zero attached hydrogens (tertiary/aromatic N) is 1. The molecule has 0 saturated heterocycles. The van der Waals surface area contributed by atoms with Crippen molar-refractivity contribution in [2.75, 3.05) is 20.6 Å². The highest BCUT2D eigenvalue weighted by molar-refractivity contribution is 5.02. The van der Waals surface area contributed by atoms with Crippen LogP contribution in [-0.2, 0) is 0 Å². The lowest BCUT2D eigenvalue weighted by Gasteiger charge is -2.14. The Balaban J connectivity index is 3.86. The Morgan fingerprint density at radius 2 is 2.00 bits per heavy atom. The van der Waals surface area contributed by atoms with Gasteiger partial charge in [0.15, 0.2) is 0 Å². The lowest BCUT2D eigenvalue weighted by atomic mass is 10.1. The minimum atomic E-state index is 0.312. The molecule has 0 radical (unpaired) electrons. The van der Waals surface area contributed by atoms with Crippen LogP contribution in [0.25, 0.3) is 0 Å². The zero-order chi connectivity index (χ0) is 8.15. The number of hydrogen-bond donors (Lipinski definition) is 0. The summed E-state index contributed by atoms with van der Waals surface area (Å²) < 4.78 is 12.1. The van der Waals surface area contributed by atoms with Gasteiger partial charge in [0.25, 0.3) is 0 Å². The molecular formula is C8H16FN. The SMILES string of the molecule is CC(C)/C(=C/F)CN(C)C. The molecule has 60 valence electrons. The van der Waals surface area contributed by atoms with E-state index < -0.39 is 0 Å². The molecule has 0 heterocycles. The van der Waals surface area contributed by atoms with Crippen LogP contribution in [-0.4, -0.2) is 25.5 Å². The van der Waals surface area contributed by atoms with Crippen LogP contribution in [0.1, 0.15) is 13.8 Å². The molecule has 0 N–H and O–H groups in total. The third-order valence-electron chi connectivity index (χ3n) is 1.38. The maximum Gasteiger partial charge on any atom is 0.0874 e.